The average Bonchev–Trinajstić information content (AvgIpc) is 3.31. The summed E-state index contributed by atoms with van der Waals surface area (Å²) in [5, 5.41) is 17.6. The number of fused-ring (bicyclic) bond motifs is 1. The lowest BCUT2D eigenvalue weighted by Crippen LogP contribution is -2.55. The van der Waals surface area contributed by atoms with E-state index in [4.69, 9.17) is 0 Å². The Labute approximate surface area is 152 Å². The molecule has 2 aromatic heterocycles. The fourth-order valence-corrected chi connectivity index (χ4v) is 4.00. The van der Waals surface area contributed by atoms with Gasteiger partial charge in [-0.2, -0.15) is 5.10 Å². The zero-order chi connectivity index (χ0) is 18.3. The summed E-state index contributed by atoms with van der Waals surface area (Å²) >= 11 is 1.27. The maximum Gasteiger partial charge on any atom is 0.272 e. The molecule has 3 fully saturated rings. The predicted molar refractivity (Wildman–Crippen MR) is 92.7 cm³/mol. The van der Waals surface area contributed by atoms with Crippen LogP contribution in [0.25, 0.3) is 0 Å². The highest BCUT2D eigenvalue weighted by molar-refractivity contribution is 7.13. The molecule has 5 rings (SSSR count). The molecule has 3 atom stereocenters. The van der Waals surface area contributed by atoms with E-state index < -0.39 is 0 Å². The first-order chi connectivity index (χ1) is 12.5. The maximum absolute atomic E-state index is 12.4. The minimum Gasteiger partial charge on any atom is -0.346 e. The third-order valence-corrected chi connectivity index (χ3v) is 5.46. The van der Waals surface area contributed by atoms with Crippen LogP contribution in [0, 0.1) is 5.92 Å². The van der Waals surface area contributed by atoms with Gasteiger partial charge in [0.2, 0.25) is 11.0 Å². The van der Waals surface area contributed by atoms with Gasteiger partial charge in [0.15, 0.2) is 0 Å². The number of nitrogens with one attached hydrogen (secondary N) is 2. The minimum atomic E-state index is -0.305. The van der Waals surface area contributed by atoms with Crippen molar-refractivity contribution in [3.63, 3.8) is 0 Å². The second-order valence-corrected chi connectivity index (χ2v) is 7.30. The molecule has 2 aromatic rings. The van der Waals surface area contributed by atoms with Crippen LogP contribution in [0.3, 0.4) is 0 Å². The van der Waals surface area contributed by atoms with Crippen molar-refractivity contribution < 1.29 is 9.59 Å². The molecule has 3 aliphatic rings. The molecule has 10 nitrogen and oxygen atoms in total. The van der Waals surface area contributed by atoms with E-state index in [1.807, 2.05) is 0 Å². The van der Waals surface area contributed by atoms with E-state index in [9.17, 15) is 14.4 Å². The van der Waals surface area contributed by atoms with Gasteiger partial charge in [-0.05, 0) is 18.4 Å². The molecule has 11 heteroatoms. The van der Waals surface area contributed by atoms with Crippen LogP contribution in [0.2, 0.25) is 0 Å². The summed E-state index contributed by atoms with van der Waals surface area (Å²) in [6, 6.07) is 2.87. The van der Waals surface area contributed by atoms with Crippen LogP contribution in [0.4, 0.5) is 5.13 Å². The van der Waals surface area contributed by atoms with Crippen LogP contribution < -0.4 is 16.2 Å². The first-order valence-corrected chi connectivity index (χ1v) is 9.04. The molecule has 0 spiro atoms. The molecule has 2 amide bonds. The lowest BCUT2D eigenvalue weighted by Gasteiger charge is -2.37. The normalized spacial score (nSPS) is 24.1. The molecule has 0 aromatic carbocycles. The van der Waals surface area contributed by atoms with Crippen molar-refractivity contribution in [1.82, 2.24) is 30.2 Å². The lowest BCUT2D eigenvalue weighted by atomic mass is 9.80. The van der Waals surface area contributed by atoms with E-state index in [1.165, 1.54) is 30.5 Å². The second-order valence-electron chi connectivity index (χ2n) is 6.46. The van der Waals surface area contributed by atoms with E-state index in [0.717, 1.165) is 17.6 Å². The topological polar surface area (TPSA) is 122 Å². The quantitative estimate of drug-likeness (QED) is 0.692. The van der Waals surface area contributed by atoms with Crippen LogP contribution >= 0.6 is 11.3 Å². The number of aromatic nitrogens is 4. The summed E-state index contributed by atoms with van der Waals surface area (Å²) in [5.74, 6) is -0.120. The molecule has 136 valence electrons. The SMILES string of the molecule is Cn1nc(C(=O)NC2C3CC2N(CC(=O)Nc2nncs2)C3)ccc1=O. The van der Waals surface area contributed by atoms with E-state index >= 15 is 0 Å². The van der Waals surface area contributed by atoms with E-state index in [-0.39, 0.29) is 41.7 Å². The zero-order valence-corrected chi connectivity index (χ0v) is 14.8. The summed E-state index contributed by atoms with van der Waals surface area (Å²) in [4.78, 5) is 37.9. The molecule has 4 heterocycles. The molecule has 3 unspecified atom stereocenters. The number of anilines is 1. The third-order valence-electron chi connectivity index (χ3n) is 4.85. The Morgan fingerprint density at radius 2 is 2.23 bits per heavy atom. The summed E-state index contributed by atoms with van der Waals surface area (Å²) in [6.45, 7) is 1.02. The molecule has 2 N–H and O–H groups in total. The summed E-state index contributed by atoms with van der Waals surface area (Å²) in [6.07, 6.45) is 0.956. The van der Waals surface area contributed by atoms with E-state index in [0.29, 0.717) is 11.0 Å². The van der Waals surface area contributed by atoms with Gasteiger partial charge in [-0.1, -0.05) is 11.3 Å². The highest BCUT2D eigenvalue weighted by Gasteiger charge is 2.52. The van der Waals surface area contributed by atoms with Crippen molar-refractivity contribution in [3.8, 4) is 0 Å². The van der Waals surface area contributed by atoms with Gasteiger partial charge in [0.25, 0.3) is 11.5 Å². The Bertz CT molecular complexity index is 897. The maximum atomic E-state index is 12.4. The van der Waals surface area contributed by atoms with Crippen molar-refractivity contribution in [1.29, 1.82) is 0 Å². The highest BCUT2D eigenvalue weighted by Crippen LogP contribution is 2.40. The molecule has 2 saturated heterocycles. The number of aryl methyl sites for hydroxylation is 1. The molecule has 0 radical (unpaired) electrons. The molecule has 26 heavy (non-hydrogen) atoms. The fraction of sp³-hybridized carbons (Fsp3) is 0.467. The van der Waals surface area contributed by atoms with Crippen LogP contribution in [0.5, 0.6) is 0 Å². The summed E-state index contributed by atoms with van der Waals surface area (Å²) < 4.78 is 1.13. The first kappa shape index (κ1) is 16.8. The van der Waals surface area contributed by atoms with Gasteiger partial charge in [-0.25, -0.2) is 4.68 Å². The second kappa shape index (κ2) is 6.57. The van der Waals surface area contributed by atoms with Crippen molar-refractivity contribution in [2.45, 2.75) is 18.5 Å². The van der Waals surface area contributed by atoms with Crippen LogP contribution in [-0.2, 0) is 11.8 Å². The highest BCUT2D eigenvalue weighted by atomic mass is 32.1. The molecule has 1 aliphatic carbocycles. The molecular formula is C15H17N7O3S. The monoisotopic (exact) mass is 375 g/mol. The van der Waals surface area contributed by atoms with Gasteiger partial charge in [0.1, 0.15) is 11.2 Å². The number of hydrogen-bond acceptors (Lipinski definition) is 8. The smallest absolute Gasteiger partial charge is 0.272 e. The van der Waals surface area contributed by atoms with Gasteiger partial charge in [0, 0.05) is 31.7 Å². The number of amides is 2. The number of carbonyl (C=O) groups excluding carboxylic acids is 2. The van der Waals surface area contributed by atoms with Crippen molar-refractivity contribution in [3.05, 3.63) is 33.7 Å². The van der Waals surface area contributed by atoms with Crippen molar-refractivity contribution >= 4 is 28.3 Å². The van der Waals surface area contributed by atoms with Gasteiger partial charge in [-0.3, -0.25) is 24.6 Å². The zero-order valence-electron chi connectivity index (χ0n) is 14.0. The number of hydrogen-bond donors (Lipinski definition) is 2. The summed E-state index contributed by atoms with van der Waals surface area (Å²) in [5.41, 5.74) is 1.50. The molecule has 2 bridgehead atoms. The average molecular weight is 375 g/mol. The molecular weight excluding hydrogens is 358 g/mol. The minimum absolute atomic E-state index is 0.00383. The third kappa shape index (κ3) is 3.10. The van der Waals surface area contributed by atoms with Crippen LogP contribution in [0.1, 0.15) is 16.9 Å². The van der Waals surface area contributed by atoms with E-state index in [2.05, 4.69) is 30.8 Å². The number of rotatable bonds is 5. The Kier molecular flexibility index (Phi) is 4.24. The largest absolute Gasteiger partial charge is 0.346 e. The Hall–Kier alpha value is -2.66. The van der Waals surface area contributed by atoms with Crippen molar-refractivity contribution in [2.24, 2.45) is 13.0 Å². The molecule has 1 saturated carbocycles. The predicted octanol–water partition coefficient (Wildman–Crippen LogP) is -0.927. The lowest BCUT2D eigenvalue weighted by molar-refractivity contribution is -0.117. The standard InChI is InChI=1S/C15H17N7O3S/c1-21-12(24)3-2-9(20-21)14(25)18-13-8-4-10(13)22(5-8)6-11(23)17-15-19-16-7-26-15/h2-3,7-8,10,13H,4-6H2,1H3,(H,18,25)(H,17,19,23). The van der Waals surface area contributed by atoms with Gasteiger partial charge >= 0.3 is 0 Å². The van der Waals surface area contributed by atoms with Crippen LogP contribution in [-0.4, -0.2) is 61.9 Å². The molecule has 2 aliphatic heterocycles. The van der Waals surface area contributed by atoms with Crippen molar-refractivity contribution in [2.75, 3.05) is 18.4 Å². The Balaban J connectivity index is 1.34. The summed E-state index contributed by atoms with van der Waals surface area (Å²) in [7, 11) is 1.50. The Morgan fingerprint density at radius 1 is 1.38 bits per heavy atom. The van der Waals surface area contributed by atoms with Gasteiger partial charge < -0.3 is 5.32 Å². The Morgan fingerprint density at radius 3 is 2.96 bits per heavy atom. The first-order valence-electron chi connectivity index (χ1n) is 8.16. The van der Waals surface area contributed by atoms with E-state index in [1.54, 1.807) is 5.51 Å². The number of carbonyl (C=O) groups is 2. The van der Waals surface area contributed by atoms with Crippen LogP contribution in [0.15, 0.2) is 22.4 Å². The van der Waals surface area contributed by atoms with Gasteiger partial charge in [-0.15, -0.1) is 10.2 Å². The fourth-order valence-electron chi connectivity index (χ4n) is 3.54. The van der Waals surface area contributed by atoms with Gasteiger partial charge in [0.05, 0.1) is 6.54 Å². The number of nitrogens with zero attached hydrogens (tertiary/aromatic N) is 5.